The summed E-state index contributed by atoms with van der Waals surface area (Å²) in [5, 5.41) is 9.03. The fourth-order valence-electron chi connectivity index (χ4n) is 1.61. The molecule has 1 heterocycles. The van der Waals surface area contributed by atoms with Crippen molar-refractivity contribution in [1.29, 1.82) is 5.26 Å². The van der Waals surface area contributed by atoms with Crippen LogP contribution in [0.15, 0.2) is 34.8 Å². The van der Waals surface area contributed by atoms with Gasteiger partial charge in [-0.2, -0.15) is 5.26 Å². The van der Waals surface area contributed by atoms with Crippen LogP contribution in [0.2, 0.25) is 0 Å². The Morgan fingerprint density at radius 1 is 1.32 bits per heavy atom. The lowest BCUT2D eigenvalue weighted by atomic mass is 10.1. The zero-order valence-electron chi connectivity index (χ0n) is 12.2. The first-order chi connectivity index (χ1) is 10.6. The van der Waals surface area contributed by atoms with Gasteiger partial charge in [-0.3, -0.25) is 0 Å². The molecule has 0 N–H and O–H groups in total. The van der Waals surface area contributed by atoms with E-state index in [0.717, 1.165) is 5.56 Å². The van der Waals surface area contributed by atoms with E-state index in [1.165, 1.54) is 16.6 Å². The van der Waals surface area contributed by atoms with E-state index in [2.05, 4.69) is 50.4 Å². The van der Waals surface area contributed by atoms with Gasteiger partial charge in [0, 0.05) is 10.0 Å². The van der Waals surface area contributed by atoms with Crippen molar-refractivity contribution in [3.05, 3.63) is 46.2 Å². The second kappa shape index (κ2) is 9.74. The number of ether oxygens (including phenoxy) is 1. The third-order valence-electron chi connectivity index (χ3n) is 2.46. The van der Waals surface area contributed by atoms with Crippen molar-refractivity contribution in [2.45, 2.75) is 13.8 Å². The molecule has 0 atom stereocenters. The Bertz CT molecular complexity index is 656. The minimum Gasteiger partial charge on any atom is -0.477 e. The van der Waals surface area contributed by atoms with Crippen LogP contribution in [0.4, 0.5) is 4.39 Å². The number of nitrogens with zero attached hydrogens (tertiary/aromatic N) is 2. The molecule has 0 unspecified atom stereocenters. The number of rotatable bonds is 3. The van der Waals surface area contributed by atoms with Crippen molar-refractivity contribution in [2.75, 3.05) is 11.0 Å². The van der Waals surface area contributed by atoms with Crippen molar-refractivity contribution in [1.82, 2.24) is 4.98 Å². The van der Waals surface area contributed by atoms with E-state index < -0.39 is 0 Å². The van der Waals surface area contributed by atoms with Crippen molar-refractivity contribution in [3.8, 4) is 23.2 Å². The highest BCUT2D eigenvalue weighted by atomic mass is 127. The van der Waals surface area contributed by atoms with E-state index >= 15 is 0 Å². The van der Waals surface area contributed by atoms with Crippen LogP contribution in [0.1, 0.15) is 19.4 Å². The first-order valence-electron chi connectivity index (χ1n) is 6.62. The van der Waals surface area contributed by atoms with Gasteiger partial charge in [0.2, 0.25) is 5.88 Å². The average Bonchev–Trinajstić information content (AvgIpc) is 2.50. The summed E-state index contributed by atoms with van der Waals surface area (Å²) in [5.74, 6) is -0.0222. The molecule has 116 valence electrons. The van der Waals surface area contributed by atoms with Crippen LogP contribution in [0.25, 0.3) is 11.3 Å². The maximum Gasteiger partial charge on any atom is 0.232 e. The molecular weight excluding hydrogens is 462 g/mol. The van der Waals surface area contributed by atoms with Gasteiger partial charge in [-0.25, -0.2) is 9.37 Å². The second-order valence-electron chi connectivity index (χ2n) is 3.99. The van der Waals surface area contributed by atoms with Crippen LogP contribution in [-0.2, 0) is 0 Å². The SMILES string of the molecule is CCI.CCOc1nc(-c2ccc(F)cc2)c(Br)cc1C#N. The van der Waals surface area contributed by atoms with Crippen molar-refractivity contribution >= 4 is 38.5 Å². The monoisotopic (exact) mass is 476 g/mol. The Labute approximate surface area is 151 Å². The van der Waals surface area contributed by atoms with E-state index in [4.69, 9.17) is 10.00 Å². The first-order valence-corrected chi connectivity index (χ1v) is 8.94. The molecule has 0 radical (unpaired) electrons. The fraction of sp³-hybridized carbons (Fsp3) is 0.250. The zero-order valence-corrected chi connectivity index (χ0v) is 16.0. The molecule has 1 aromatic carbocycles. The van der Waals surface area contributed by atoms with Gasteiger partial charge in [0.05, 0.1) is 12.3 Å². The zero-order chi connectivity index (χ0) is 16.5. The lowest BCUT2D eigenvalue weighted by Gasteiger charge is -2.09. The Hall–Kier alpha value is -1.20. The summed E-state index contributed by atoms with van der Waals surface area (Å²) in [6, 6.07) is 9.67. The standard InChI is InChI=1S/C14H10BrFN2O.C2H5I/c1-2-19-14-10(8-17)7-12(15)13(18-14)9-3-5-11(16)6-4-9;1-2-3/h3-7H,2H2,1H3;2H2,1H3. The molecule has 0 aliphatic rings. The van der Waals surface area contributed by atoms with Gasteiger partial charge in [0.25, 0.3) is 0 Å². The molecule has 1 aromatic heterocycles. The number of hydrogen-bond donors (Lipinski definition) is 0. The van der Waals surface area contributed by atoms with E-state index in [1.807, 2.05) is 13.0 Å². The molecule has 0 saturated carbocycles. The number of hydrogen-bond acceptors (Lipinski definition) is 3. The molecule has 0 saturated heterocycles. The van der Waals surface area contributed by atoms with Crippen LogP contribution in [0, 0.1) is 17.1 Å². The average molecular weight is 477 g/mol. The Kier molecular flexibility index (Phi) is 8.35. The van der Waals surface area contributed by atoms with E-state index in [9.17, 15) is 4.39 Å². The first kappa shape index (κ1) is 18.8. The molecule has 6 heteroatoms. The lowest BCUT2D eigenvalue weighted by Crippen LogP contribution is -1.99. The lowest BCUT2D eigenvalue weighted by molar-refractivity contribution is 0.326. The summed E-state index contributed by atoms with van der Waals surface area (Å²) in [4.78, 5) is 4.32. The highest BCUT2D eigenvalue weighted by Gasteiger charge is 2.12. The molecule has 3 nitrogen and oxygen atoms in total. The summed E-state index contributed by atoms with van der Waals surface area (Å²) in [5.41, 5.74) is 1.72. The van der Waals surface area contributed by atoms with E-state index in [-0.39, 0.29) is 11.7 Å². The molecule has 0 amide bonds. The Balaban J connectivity index is 0.000000745. The van der Waals surface area contributed by atoms with Gasteiger partial charge in [0.1, 0.15) is 17.4 Å². The number of aromatic nitrogens is 1. The van der Waals surface area contributed by atoms with Crippen LogP contribution in [-0.4, -0.2) is 16.0 Å². The molecule has 2 aromatic rings. The molecule has 0 fully saturated rings. The van der Waals surface area contributed by atoms with Crippen LogP contribution >= 0.6 is 38.5 Å². The van der Waals surface area contributed by atoms with Crippen LogP contribution in [0.3, 0.4) is 0 Å². The molecule has 0 aliphatic heterocycles. The molecule has 22 heavy (non-hydrogen) atoms. The number of pyridine rings is 1. The van der Waals surface area contributed by atoms with Gasteiger partial charge in [-0.15, -0.1) is 0 Å². The van der Waals surface area contributed by atoms with Gasteiger partial charge < -0.3 is 4.74 Å². The molecule has 0 bridgehead atoms. The summed E-state index contributed by atoms with van der Waals surface area (Å²) >= 11 is 5.65. The van der Waals surface area contributed by atoms with Crippen molar-refractivity contribution in [3.63, 3.8) is 0 Å². The molecular formula is C16H15BrFIN2O. The smallest absolute Gasteiger partial charge is 0.232 e. The Morgan fingerprint density at radius 2 is 1.91 bits per heavy atom. The topological polar surface area (TPSA) is 45.9 Å². The quantitative estimate of drug-likeness (QED) is 0.442. The summed E-state index contributed by atoms with van der Waals surface area (Å²) in [7, 11) is 0. The van der Waals surface area contributed by atoms with E-state index in [0.29, 0.717) is 22.3 Å². The predicted molar refractivity (Wildman–Crippen MR) is 97.8 cm³/mol. The van der Waals surface area contributed by atoms with Crippen LogP contribution < -0.4 is 4.74 Å². The minimum absolute atomic E-state index is 0.285. The van der Waals surface area contributed by atoms with Crippen molar-refractivity contribution in [2.24, 2.45) is 0 Å². The summed E-state index contributed by atoms with van der Waals surface area (Å²) in [6.45, 7) is 4.36. The van der Waals surface area contributed by atoms with Crippen molar-refractivity contribution < 1.29 is 9.13 Å². The van der Waals surface area contributed by atoms with Gasteiger partial charge in [-0.05, 0) is 57.6 Å². The maximum absolute atomic E-state index is 12.9. The summed E-state index contributed by atoms with van der Waals surface area (Å²) in [6.07, 6.45) is 0. The number of benzene rings is 1. The van der Waals surface area contributed by atoms with E-state index in [1.54, 1.807) is 18.2 Å². The summed E-state index contributed by atoms with van der Waals surface area (Å²) < 4.78 is 20.1. The number of halogens is 3. The normalized spacial score (nSPS) is 9.45. The van der Waals surface area contributed by atoms with Gasteiger partial charge in [0.15, 0.2) is 0 Å². The fourth-order valence-corrected chi connectivity index (χ4v) is 2.16. The molecule has 0 spiro atoms. The van der Waals surface area contributed by atoms with Gasteiger partial charge in [-0.1, -0.05) is 29.5 Å². The minimum atomic E-state index is -0.307. The predicted octanol–water partition coefficient (Wildman–Crippen LogP) is 5.36. The third kappa shape index (κ3) is 5.21. The Morgan fingerprint density at radius 3 is 2.41 bits per heavy atom. The highest BCUT2D eigenvalue weighted by Crippen LogP contribution is 2.31. The second-order valence-corrected chi connectivity index (χ2v) is 6.37. The number of nitriles is 1. The number of alkyl halides is 1. The molecule has 2 rings (SSSR count). The van der Waals surface area contributed by atoms with Crippen LogP contribution in [0.5, 0.6) is 5.88 Å². The molecule has 0 aliphatic carbocycles. The van der Waals surface area contributed by atoms with Gasteiger partial charge >= 0.3 is 0 Å². The highest BCUT2D eigenvalue weighted by molar-refractivity contribution is 14.1. The maximum atomic E-state index is 12.9. The largest absolute Gasteiger partial charge is 0.477 e. The third-order valence-corrected chi connectivity index (χ3v) is 3.06.